The van der Waals surface area contributed by atoms with Gasteiger partial charge in [-0.05, 0) is 48.9 Å². The summed E-state index contributed by atoms with van der Waals surface area (Å²) >= 11 is 0. The van der Waals surface area contributed by atoms with Crippen molar-refractivity contribution >= 4 is 32.1 Å². The smallest absolute Gasteiger partial charge is 0.169 e. The van der Waals surface area contributed by atoms with Gasteiger partial charge in [0.25, 0.3) is 0 Å². The van der Waals surface area contributed by atoms with Crippen LogP contribution >= 0.6 is 0 Å². The minimum absolute atomic E-state index is 0.208. The summed E-state index contributed by atoms with van der Waals surface area (Å²) in [6.07, 6.45) is 2.27. The second-order valence-corrected chi connectivity index (χ2v) is 12.1. The molecule has 42 heavy (non-hydrogen) atoms. The second kappa shape index (κ2) is 13.0. The van der Waals surface area contributed by atoms with Crippen LogP contribution in [0.25, 0.3) is 10.9 Å². The Morgan fingerprint density at radius 2 is 1.67 bits per heavy atom. The molecule has 0 bridgehead atoms. The van der Waals surface area contributed by atoms with E-state index in [1.807, 2.05) is 54.6 Å². The number of ether oxygens (including phenoxy) is 4. The van der Waals surface area contributed by atoms with E-state index >= 15 is 0 Å². The van der Waals surface area contributed by atoms with Crippen molar-refractivity contribution in [1.82, 2.24) is 9.88 Å². The normalized spacial score (nSPS) is 14.6. The molecule has 3 aromatic carbocycles. The highest BCUT2D eigenvalue weighted by atomic mass is 32.2. The molecule has 1 aliphatic rings. The molecule has 0 spiro atoms. The van der Waals surface area contributed by atoms with E-state index in [1.165, 1.54) is 6.20 Å². The molecule has 1 fully saturated rings. The predicted octanol–water partition coefficient (Wildman–Crippen LogP) is 5.16. The molecular weight excluding hydrogens is 556 g/mol. The van der Waals surface area contributed by atoms with E-state index in [9.17, 15) is 13.7 Å². The molecule has 11 heteroatoms. The number of nitrogens with one attached hydrogen (secondary N) is 1. The summed E-state index contributed by atoms with van der Waals surface area (Å²) in [6, 6.07) is 20.7. The Kier molecular flexibility index (Phi) is 8.95. The van der Waals surface area contributed by atoms with Gasteiger partial charge in [-0.2, -0.15) is 5.26 Å². The van der Waals surface area contributed by atoms with Gasteiger partial charge >= 0.3 is 0 Å². The van der Waals surface area contributed by atoms with Gasteiger partial charge in [0.05, 0.1) is 49.1 Å². The van der Waals surface area contributed by atoms with Crippen molar-refractivity contribution in [3.05, 3.63) is 72.4 Å². The molecule has 0 atom stereocenters. The van der Waals surface area contributed by atoms with Crippen molar-refractivity contribution in [1.29, 1.82) is 5.26 Å². The highest BCUT2D eigenvalue weighted by Gasteiger charge is 2.21. The molecule has 0 saturated carbocycles. The van der Waals surface area contributed by atoms with E-state index in [-0.39, 0.29) is 11.5 Å². The topological polar surface area (TPSA) is 123 Å². The number of benzene rings is 3. The third kappa shape index (κ3) is 6.84. The first-order valence-electron chi connectivity index (χ1n) is 13.5. The van der Waals surface area contributed by atoms with Crippen molar-refractivity contribution in [2.24, 2.45) is 0 Å². The Morgan fingerprint density at radius 1 is 0.952 bits per heavy atom. The fraction of sp³-hybridized carbons (Fsp3) is 0.290. The first kappa shape index (κ1) is 29.0. The Hall–Kier alpha value is -4.53. The van der Waals surface area contributed by atoms with Gasteiger partial charge in [-0.1, -0.05) is 12.1 Å². The first-order valence-corrected chi connectivity index (χ1v) is 15.4. The minimum atomic E-state index is -2.90. The fourth-order valence-electron chi connectivity index (χ4n) is 4.72. The van der Waals surface area contributed by atoms with E-state index in [0.717, 1.165) is 18.7 Å². The summed E-state index contributed by atoms with van der Waals surface area (Å²) < 4.78 is 46.3. The number of hydrogen-bond acceptors (Lipinski definition) is 10. The molecule has 0 aliphatic carbocycles. The molecule has 1 aromatic heterocycles. The van der Waals surface area contributed by atoms with E-state index in [2.05, 4.69) is 21.3 Å². The van der Waals surface area contributed by atoms with Crippen LogP contribution in [0.4, 0.5) is 11.4 Å². The van der Waals surface area contributed by atoms with Gasteiger partial charge in [-0.25, -0.2) is 8.42 Å². The van der Waals surface area contributed by atoms with Crippen LogP contribution in [0.5, 0.6) is 28.7 Å². The van der Waals surface area contributed by atoms with Gasteiger partial charge in [0.1, 0.15) is 11.8 Å². The Labute approximate surface area is 245 Å². The number of aromatic nitrogens is 1. The SMILES string of the molecule is COc1cc2c(Nc3ccc(Oc4ccccc4OC)cc3)c(C#N)cnc2cc1OCCCN1CCS(=O)(=O)CC1. The lowest BCUT2D eigenvalue weighted by Crippen LogP contribution is -2.40. The molecule has 1 aliphatic heterocycles. The second-order valence-electron chi connectivity index (χ2n) is 9.78. The van der Waals surface area contributed by atoms with Gasteiger partial charge < -0.3 is 29.2 Å². The quantitative estimate of drug-likeness (QED) is 0.235. The third-order valence-electron chi connectivity index (χ3n) is 7.01. The lowest BCUT2D eigenvalue weighted by molar-refractivity contribution is 0.240. The number of sulfone groups is 1. The molecule has 0 amide bonds. The molecule has 1 saturated heterocycles. The number of nitriles is 1. The largest absolute Gasteiger partial charge is 0.493 e. The number of rotatable bonds is 11. The Morgan fingerprint density at radius 3 is 2.36 bits per heavy atom. The van der Waals surface area contributed by atoms with E-state index in [0.29, 0.717) is 70.6 Å². The maximum absolute atomic E-state index is 11.6. The Bertz CT molecular complexity index is 1690. The monoisotopic (exact) mass is 588 g/mol. The Balaban J connectivity index is 1.30. The van der Waals surface area contributed by atoms with Crippen molar-refractivity contribution < 1.29 is 27.4 Å². The van der Waals surface area contributed by atoms with Crippen LogP contribution in [0.2, 0.25) is 0 Å². The highest BCUT2D eigenvalue weighted by Crippen LogP contribution is 2.38. The van der Waals surface area contributed by atoms with E-state index in [1.54, 1.807) is 20.3 Å². The van der Waals surface area contributed by atoms with Gasteiger partial charge in [-0.3, -0.25) is 4.98 Å². The number of anilines is 2. The van der Waals surface area contributed by atoms with E-state index < -0.39 is 9.84 Å². The summed E-state index contributed by atoms with van der Waals surface area (Å²) in [4.78, 5) is 6.63. The predicted molar refractivity (Wildman–Crippen MR) is 161 cm³/mol. The lowest BCUT2D eigenvalue weighted by Gasteiger charge is -2.26. The molecule has 1 N–H and O–H groups in total. The van der Waals surface area contributed by atoms with Gasteiger partial charge in [0.2, 0.25) is 0 Å². The molecule has 5 rings (SSSR count). The maximum Gasteiger partial charge on any atom is 0.169 e. The van der Waals surface area contributed by atoms with Crippen LogP contribution in [-0.2, 0) is 9.84 Å². The molecule has 0 radical (unpaired) electrons. The lowest BCUT2D eigenvalue weighted by atomic mass is 10.1. The van der Waals surface area contributed by atoms with Crippen molar-refractivity contribution in [2.75, 3.05) is 57.3 Å². The van der Waals surface area contributed by atoms with Gasteiger partial charge in [-0.15, -0.1) is 0 Å². The zero-order valence-electron chi connectivity index (χ0n) is 23.5. The average molecular weight is 589 g/mol. The summed E-state index contributed by atoms with van der Waals surface area (Å²) in [5.41, 5.74) is 2.39. The maximum atomic E-state index is 11.6. The molecule has 218 valence electrons. The first-order chi connectivity index (χ1) is 20.4. The summed E-state index contributed by atoms with van der Waals surface area (Å²) in [5, 5.41) is 13.9. The standard InChI is InChI=1S/C31H32N4O6S/c1-38-27-6-3-4-7-28(27)41-24-10-8-23(9-11-24)34-31-22(20-32)21-33-26-19-30(29(39-2)18-25(26)31)40-15-5-12-35-13-16-42(36,37)17-14-35/h3-4,6-11,18-19,21H,5,12-17H2,1-2H3,(H,33,34). The summed E-state index contributed by atoms with van der Waals surface area (Å²) in [6.45, 7) is 2.31. The average Bonchev–Trinajstić information content (AvgIpc) is 3.01. The van der Waals surface area contributed by atoms with Crippen molar-refractivity contribution in [3.63, 3.8) is 0 Å². The third-order valence-corrected chi connectivity index (χ3v) is 8.62. The van der Waals surface area contributed by atoms with Gasteiger partial charge in [0.15, 0.2) is 32.8 Å². The molecule has 4 aromatic rings. The van der Waals surface area contributed by atoms with Crippen LogP contribution in [0.3, 0.4) is 0 Å². The molecule has 2 heterocycles. The number of para-hydroxylation sites is 2. The summed E-state index contributed by atoms with van der Waals surface area (Å²) in [5.74, 6) is 3.37. The van der Waals surface area contributed by atoms with Crippen LogP contribution in [0.1, 0.15) is 12.0 Å². The number of pyridine rings is 1. The van der Waals surface area contributed by atoms with E-state index in [4.69, 9.17) is 18.9 Å². The number of fused-ring (bicyclic) bond motifs is 1. The van der Waals surface area contributed by atoms with Crippen LogP contribution in [-0.4, -0.2) is 70.3 Å². The molecular formula is C31H32N4O6S. The summed E-state index contributed by atoms with van der Waals surface area (Å²) in [7, 11) is 0.268. The van der Waals surface area contributed by atoms with Crippen molar-refractivity contribution in [3.8, 4) is 34.8 Å². The molecule has 10 nitrogen and oxygen atoms in total. The zero-order valence-corrected chi connectivity index (χ0v) is 24.3. The number of hydrogen-bond donors (Lipinski definition) is 1. The number of nitrogens with zero attached hydrogens (tertiary/aromatic N) is 3. The van der Waals surface area contributed by atoms with Crippen LogP contribution in [0, 0.1) is 11.3 Å². The fourth-order valence-corrected chi connectivity index (χ4v) is 5.99. The van der Waals surface area contributed by atoms with Crippen LogP contribution < -0.4 is 24.3 Å². The molecule has 0 unspecified atom stereocenters. The van der Waals surface area contributed by atoms with Crippen molar-refractivity contribution in [2.45, 2.75) is 6.42 Å². The van der Waals surface area contributed by atoms with Gasteiger partial charge in [0, 0.05) is 43.0 Å². The minimum Gasteiger partial charge on any atom is -0.493 e. The number of methoxy groups -OCH3 is 2. The highest BCUT2D eigenvalue weighted by molar-refractivity contribution is 7.91. The zero-order chi connectivity index (χ0) is 29.5. The van der Waals surface area contributed by atoms with Crippen LogP contribution in [0.15, 0.2) is 66.9 Å².